The van der Waals surface area contributed by atoms with E-state index in [0.29, 0.717) is 36.3 Å². The summed E-state index contributed by atoms with van der Waals surface area (Å²) in [6.45, 7) is 8.90. The summed E-state index contributed by atoms with van der Waals surface area (Å²) in [7, 11) is 0. The van der Waals surface area contributed by atoms with E-state index in [-0.39, 0.29) is 17.7 Å². The number of ether oxygens (including phenoxy) is 1. The summed E-state index contributed by atoms with van der Waals surface area (Å²) in [5.41, 5.74) is 4.01. The van der Waals surface area contributed by atoms with E-state index in [0.717, 1.165) is 50.5 Å². The van der Waals surface area contributed by atoms with Crippen molar-refractivity contribution in [3.05, 3.63) is 46.1 Å². The lowest BCUT2D eigenvalue weighted by molar-refractivity contribution is -0.0599. The molecule has 2 atom stereocenters. The van der Waals surface area contributed by atoms with Gasteiger partial charge in [0.25, 0.3) is 5.91 Å². The predicted octanol–water partition coefficient (Wildman–Crippen LogP) is 6.21. The van der Waals surface area contributed by atoms with Gasteiger partial charge < -0.3 is 19.8 Å². The third-order valence-corrected chi connectivity index (χ3v) is 7.96. The molecule has 4 rings (SSSR count). The third-order valence-electron chi connectivity index (χ3n) is 7.96. The largest absolute Gasteiger partial charge is 0.508 e. The molecule has 2 N–H and O–H groups in total. The number of rotatable bonds is 7. The number of hydrogen-bond donors (Lipinski definition) is 2. The fourth-order valence-electron chi connectivity index (χ4n) is 5.71. The van der Waals surface area contributed by atoms with Crippen LogP contribution in [0.2, 0.25) is 0 Å². The van der Waals surface area contributed by atoms with E-state index < -0.39 is 11.7 Å². The Bertz CT molecular complexity index is 984. The molecule has 5 heteroatoms. The molecule has 1 unspecified atom stereocenters. The number of amides is 1. The molecule has 0 spiro atoms. The Balaban J connectivity index is 1.51. The molecule has 1 fully saturated rings. The van der Waals surface area contributed by atoms with Gasteiger partial charge in [0, 0.05) is 23.6 Å². The van der Waals surface area contributed by atoms with Crippen LogP contribution in [0.15, 0.2) is 29.4 Å². The van der Waals surface area contributed by atoms with Crippen LogP contribution in [0.25, 0.3) is 0 Å². The minimum atomic E-state index is -0.757. The number of aromatic hydroxyl groups is 1. The molecule has 34 heavy (non-hydrogen) atoms. The summed E-state index contributed by atoms with van der Waals surface area (Å²) in [6.07, 6.45) is 13.4. The number of nitrogens with zero attached hydrogens (tertiary/aromatic N) is 1. The Morgan fingerprint density at radius 1 is 1.15 bits per heavy atom. The fourth-order valence-corrected chi connectivity index (χ4v) is 5.71. The van der Waals surface area contributed by atoms with Crippen LogP contribution in [0.5, 0.6) is 11.5 Å². The number of fused-ring (bicyclic) bond motifs is 3. The molecular formula is C29H41NO4. The van der Waals surface area contributed by atoms with Gasteiger partial charge in [0.2, 0.25) is 0 Å². The van der Waals surface area contributed by atoms with E-state index in [1.165, 1.54) is 17.6 Å². The topological polar surface area (TPSA) is 70.0 Å². The lowest BCUT2D eigenvalue weighted by Gasteiger charge is -2.41. The van der Waals surface area contributed by atoms with Crippen LogP contribution < -0.4 is 4.74 Å². The van der Waals surface area contributed by atoms with Crippen LogP contribution in [0.1, 0.15) is 107 Å². The Labute approximate surface area is 204 Å². The molecule has 0 radical (unpaired) electrons. The van der Waals surface area contributed by atoms with Gasteiger partial charge in [0.15, 0.2) is 0 Å². The average molecular weight is 468 g/mol. The quantitative estimate of drug-likeness (QED) is 0.468. The summed E-state index contributed by atoms with van der Waals surface area (Å²) in [5, 5.41) is 21.7. The summed E-state index contributed by atoms with van der Waals surface area (Å²) in [4.78, 5) is 15.2. The van der Waals surface area contributed by atoms with Gasteiger partial charge in [-0.15, -0.1) is 0 Å². The van der Waals surface area contributed by atoms with Gasteiger partial charge in [-0.2, -0.15) is 0 Å². The number of hydrogen-bond acceptors (Lipinski definition) is 4. The molecule has 1 amide bonds. The highest BCUT2D eigenvalue weighted by Crippen LogP contribution is 2.47. The van der Waals surface area contributed by atoms with E-state index in [2.05, 4.69) is 32.9 Å². The van der Waals surface area contributed by atoms with Gasteiger partial charge in [-0.3, -0.25) is 4.79 Å². The minimum Gasteiger partial charge on any atom is -0.508 e. The molecule has 1 aromatic carbocycles. The molecule has 3 aliphatic rings. The highest BCUT2D eigenvalue weighted by molar-refractivity contribution is 6.00. The molecule has 2 aliphatic heterocycles. The predicted molar refractivity (Wildman–Crippen MR) is 135 cm³/mol. The molecule has 186 valence electrons. The van der Waals surface area contributed by atoms with E-state index in [4.69, 9.17) is 4.74 Å². The minimum absolute atomic E-state index is 0.00588. The number of carbonyl (C=O) groups excluding carboxylic acids is 1. The number of aliphatic hydroxyl groups excluding tert-OH is 1. The summed E-state index contributed by atoms with van der Waals surface area (Å²) < 4.78 is 6.51. The Morgan fingerprint density at radius 3 is 2.59 bits per heavy atom. The third kappa shape index (κ3) is 5.05. The van der Waals surface area contributed by atoms with Crippen molar-refractivity contribution >= 4 is 5.91 Å². The summed E-state index contributed by atoms with van der Waals surface area (Å²) >= 11 is 0. The summed E-state index contributed by atoms with van der Waals surface area (Å²) in [6, 6.07) is 1.86. The summed E-state index contributed by atoms with van der Waals surface area (Å²) in [5.74, 6) is 0.689. The van der Waals surface area contributed by atoms with Crippen molar-refractivity contribution in [3.8, 4) is 11.5 Å². The maximum Gasteiger partial charge on any atom is 0.255 e. The first kappa shape index (κ1) is 24.8. The zero-order valence-electron chi connectivity index (χ0n) is 21.3. The van der Waals surface area contributed by atoms with Crippen LogP contribution in [0.4, 0.5) is 0 Å². The molecule has 0 saturated heterocycles. The number of benzene rings is 1. The number of carbonyl (C=O) groups is 1. The maximum atomic E-state index is 13.2. The van der Waals surface area contributed by atoms with Crippen molar-refractivity contribution in [3.63, 3.8) is 0 Å². The van der Waals surface area contributed by atoms with Gasteiger partial charge in [-0.05, 0) is 72.3 Å². The van der Waals surface area contributed by atoms with Gasteiger partial charge in [-0.1, -0.05) is 42.6 Å². The average Bonchev–Trinajstić information content (AvgIpc) is 3.12. The molecule has 5 nitrogen and oxygen atoms in total. The molecular weight excluding hydrogens is 426 g/mol. The van der Waals surface area contributed by atoms with E-state index in [9.17, 15) is 15.0 Å². The SMILES string of the molecule is CC(C)=CCC/C(C)=C/CC[C@]1(C)Oc2c(c(O)cc3c2CN(C2CCCCC2)C3=O)CC1O. The first-order chi connectivity index (χ1) is 16.2. The zero-order valence-corrected chi connectivity index (χ0v) is 21.3. The second-order valence-corrected chi connectivity index (χ2v) is 11.0. The Kier molecular flexibility index (Phi) is 7.42. The van der Waals surface area contributed by atoms with Gasteiger partial charge >= 0.3 is 0 Å². The fraction of sp³-hybridized carbons (Fsp3) is 0.621. The number of phenols is 1. The highest BCUT2D eigenvalue weighted by atomic mass is 16.5. The van der Waals surface area contributed by atoms with E-state index in [1.807, 2.05) is 11.8 Å². The van der Waals surface area contributed by atoms with Crippen molar-refractivity contribution in [2.45, 2.75) is 116 Å². The molecule has 0 bridgehead atoms. The zero-order chi connectivity index (χ0) is 24.5. The van der Waals surface area contributed by atoms with Crippen molar-refractivity contribution in [1.29, 1.82) is 0 Å². The van der Waals surface area contributed by atoms with Gasteiger partial charge in [0.1, 0.15) is 17.1 Å². The molecule has 1 aliphatic carbocycles. The monoisotopic (exact) mass is 467 g/mol. The van der Waals surface area contributed by atoms with Crippen LogP contribution >= 0.6 is 0 Å². The van der Waals surface area contributed by atoms with Gasteiger partial charge in [-0.25, -0.2) is 0 Å². The first-order valence-corrected chi connectivity index (χ1v) is 13.0. The Morgan fingerprint density at radius 2 is 1.88 bits per heavy atom. The van der Waals surface area contributed by atoms with Gasteiger partial charge in [0.05, 0.1) is 18.2 Å². The Hall–Kier alpha value is -2.27. The van der Waals surface area contributed by atoms with Crippen LogP contribution in [-0.4, -0.2) is 38.8 Å². The van der Waals surface area contributed by atoms with Crippen molar-refractivity contribution in [1.82, 2.24) is 4.90 Å². The smallest absolute Gasteiger partial charge is 0.255 e. The number of allylic oxidation sites excluding steroid dienone is 4. The number of phenolic OH excluding ortho intramolecular Hbond substituents is 1. The lowest BCUT2D eigenvalue weighted by Crippen LogP contribution is -2.49. The molecule has 0 aromatic heterocycles. The van der Waals surface area contributed by atoms with Crippen LogP contribution in [0.3, 0.4) is 0 Å². The van der Waals surface area contributed by atoms with E-state index >= 15 is 0 Å². The van der Waals surface area contributed by atoms with Crippen molar-refractivity contribution in [2.75, 3.05) is 0 Å². The second kappa shape index (κ2) is 10.2. The lowest BCUT2D eigenvalue weighted by atomic mass is 9.84. The highest BCUT2D eigenvalue weighted by Gasteiger charge is 2.45. The normalized spacial score (nSPS) is 25.1. The first-order valence-electron chi connectivity index (χ1n) is 13.0. The van der Waals surface area contributed by atoms with E-state index in [1.54, 1.807) is 6.07 Å². The molecule has 1 saturated carbocycles. The van der Waals surface area contributed by atoms with Crippen LogP contribution in [-0.2, 0) is 13.0 Å². The molecule has 2 heterocycles. The second-order valence-electron chi connectivity index (χ2n) is 11.0. The standard InChI is InChI=1S/C29H41NO4/c1-19(2)10-8-11-20(3)12-9-15-29(4)26(32)17-23-25(31)16-22-24(27(23)34-29)18-30(28(22)33)21-13-6-5-7-14-21/h10,12,16,21,26,31-32H,5-9,11,13-15,17-18H2,1-4H3/b20-12+/t26?,29-/m0/s1. The molecule has 1 aromatic rings. The van der Waals surface area contributed by atoms with Crippen molar-refractivity contribution in [2.24, 2.45) is 0 Å². The number of aliphatic hydroxyl groups is 1. The van der Waals surface area contributed by atoms with Crippen molar-refractivity contribution < 1.29 is 19.7 Å². The van der Waals surface area contributed by atoms with Crippen LogP contribution in [0, 0.1) is 0 Å². The maximum absolute atomic E-state index is 13.2.